The van der Waals surface area contributed by atoms with Gasteiger partial charge in [0.25, 0.3) is 0 Å². The number of benzene rings is 1. The van der Waals surface area contributed by atoms with E-state index in [9.17, 15) is 5.11 Å². The maximum absolute atomic E-state index is 9.43. The quantitative estimate of drug-likeness (QED) is 0.725. The van der Waals surface area contributed by atoms with Crippen molar-refractivity contribution in [3.63, 3.8) is 0 Å². The van der Waals surface area contributed by atoms with Crippen LogP contribution in [-0.2, 0) is 12.8 Å². The fourth-order valence-corrected chi connectivity index (χ4v) is 2.23. The minimum atomic E-state index is -0.158. The number of hydrogen-bond acceptors (Lipinski definition) is 3. The molecular formula is C15H23NO2. The lowest BCUT2D eigenvalue weighted by Crippen LogP contribution is -2.22. The zero-order chi connectivity index (χ0) is 12.8. The van der Waals surface area contributed by atoms with E-state index >= 15 is 0 Å². The van der Waals surface area contributed by atoms with Crippen LogP contribution in [0.15, 0.2) is 18.2 Å². The summed E-state index contributed by atoms with van der Waals surface area (Å²) in [6.07, 6.45) is 3.60. The summed E-state index contributed by atoms with van der Waals surface area (Å²) in [6.45, 7) is 4.70. The molecule has 1 aromatic rings. The first-order valence-corrected chi connectivity index (χ1v) is 6.93. The second-order valence-corrected chi connectivity index (χ2v) is 4.89. The van der Waals surface area contributed by atoms with E-state index in [-0.39, 0.29) is 6.10 Å². The molecule has 0 saturated carbocycles. The Bertz CT molecular complexity index is 379. The number of fused-ring (bicyclic) bond motifs is 1. The van der Waals surface area contributed by atoms with Gasteiger partial charge in [-0.05, 0) is 49.5 Å². The molecule has 1 aliphatic rings. The Morgan fingerprint density at radius 1 is 1.39 bits per heavy atom. The van der Waals surface area contributed by atoms with Gasteiger partial charge in [0.05, 0.1) is 12.7 Å². The van der Waals surface area contributed by atoms with Gasteiger partial charge in [0.1, 0.15) is 5.75 Å². The summed E-state index contributed by atoms with van der Waals surface area (Å²) in [4.78, 5) is 0. The first-order valence-electron chi connectivity index (χ1n) is 6.93. The van der Waals surface area contributed by atoms with Gasteiger partial charge in [-0.2, -0.15) is 0 Å². The smallest absolute Gasteiger partial charge is 0.122 e. The summed E-state index contributed by atoms with van der Waals surface area (Å²) in [5.74, 6) is 1.05. The minimum absolute atomic E-state index is 0.158. The standard InChI is InChI=1S/C15H23NO2/c1-2-14(17)6-9-16-8-5-12-3-4-15-13(11-12)7-10-18-15/h3-4,11,14,16-17H,2,5-10H2,1H3. The Balaban J connectivity index is 1.68. The largest absolute Gasteiger partial charge is 0.493 e. The van der Waals surface area contributed by atoms with E-state index < -0.39 is 0 Å². The normalized spacial score (nSPS) is 15.2. The van der Waals surface area contributed by atoms with Crippen molar-refractivity contribution in [2.75, 3.05) is 19.7 Å². The molecule has 100 valence electrons. The summed E-state index contributed by atoms with van der Waals surface area (Å²) in [7, 11) is 0. The number of ether oxygens (including phenoxy) is 1. The third kappa shape index (κ3) is 3.72. The predicted octanol–water partition coefficient (Wildman–Crippen LogP) is 1.91. The zero-order valence-corrected chi connectivity index (χ0v) is 11.1. The van der Waals surface area contributed by atoms with Gasteiger partial charge in [0.2, 0.25) is 0 Å². The Hall–Kier alpha value is -1.06. The minimum Gasteiger partial charge on any atom is -0.493 e. The van der Waals surface area contributed by atoms with E-state index in [1.165, 1.54) is 11.1 Å². The number of nitrogens with one attached hydrogen (secondary N) is 1. The molecule has 0 radical (unpaired) electrons. The van der Waals surface area contributed by atoms with Gasteiger partial charge in [-0.3, -0.25) is 0 Å². The molecule has 0 saturated heterocycles. The van der Waals surface area contributed by atoms with Crippen molar-refractivity contribution in [1.82, 2.24) is 5.32 Å². The summed E-state index contributed by atoms with van der Waals surface area (Å²) < 4.78 is 5.49. The van der Waals surface area contributed by atoms with Crippen molar-refractivity contribution in [3.8, 4) is 5.75 Å². The van der Waals surface area contributed by atoms with Gasteiger partial charge in [-0.1, -0.05) is 19.1 Å². The van der Waals surface area contributed by atoms with Crippen LogP contribution < -0.4 is 10.1 Å². The molecule has 0 spiro atoms. The summed E-state index contributed by atoms with van der Waals surface area (Å²) in [5, 5.41) is 12.8. The Morgan fingerprint density at radius 2 is 2.28 bits per heavy atom. The molecule has 0 bridgehead atoms. The van der Waals surface area contributed by atoms with E-state index in [2.05, 4.69) is 23.5 Å². The molecule has 0 aliphatic carbocycles. The maximum atomic E-state index is 9.43. The summed E-state index contributed by atoms with van der Waals surface area (Å²) >= 11 is 0. The predicted molar refractivity (Wildman–Crippen MR) is 73.1 cm³/mol. The SMILES string of the molecule is CCC(O)CCNCCc1ccc2c(c1)CCO2. The Morgan fingerprint density at radius 3 is 3.11 bits per heavy atom. The lowest BCUT2D eigenvalue weighted by atomic mass is 10.1. The van der Waals surface area contributed by atoms with E-state index in [0.717, 1.165) is 51.1 Å². The second kappa shape index (κ2) is 6.76. The molecule has 0 aromatic heterocycles. The number of aliphatic hydroxyl groups is 1. The van der Waals surface area contributed by atoms with E-state index in [4.69, 9.17) is 4.74 Å². The highest BCUT2D eigenvalue weighted by Crippen LogP contribution is 2.25. The van der Waals surface area contributed by atoms with Crippen LogP contribution >= 0.6 is 0 Å². The molecule has 2 N–H and O–H groups in total. The fourth-order valence-electron chi connectivity index (χ4n) is 2.23. The Labute approximate surface area is 109 Å². The first kappa shape index (κ1) is 13.4. The van der Waals surface area contributed by atoms with Crippen LogP contribution in [0.4, 0.5) is 0 Å². The van der Waals surface area contributed by atoms with Crippen LogP contribution in [0.3, 0.4) is 0 Å². The summed E-state index contributed by atoms with van der Waals surface area (Å²) in [6, 6.07) is 6.48. The highest BCUT2D eigenvalue weighted by molar-refractivity contribution is 5.39. The monoisotopic (exact) mass is 249 g/mol. The van der Waals surface area contributed by atoms with Gasteiger partial charge < -0.3 is 15.2 Å². The third-order valence-corrected chi connectivity index (χ3v) is 3.47. The number of rotatable bonds is 7. The van der Waals surface area contributed by atoms with Crippen LogP contribution in [0.1, 0.15) is 30.9 Å². The molecule has 3 nitrogen and oxygen atoms in total. The third-order valence-electron chi connectivity index (χ3n) is 3.47. The zero-order valence-electron chi connectivity index (χ0n) is 11.1. The van der Waals surface area contributed by atoms with Crippen LogP contribution in [-0.4, -0.2) is 30.9 Å². The number of aliphatic hydroxyl groups excluding tert-OH is 1. The van der Waals surface area contributed by atoms with Gasteiger partial charge in [-0.25, -0.2) is 0 Å². The Kier molecular flexibility index (Phi) is 5.02. The number of hydrogen-bond donors (Lipinski definition) is 2. The molecular weight excluding hydrogens is 226 g/mol. The lowest BCUT2D eigenvalue weighted by Gasteiger charge is -2.09. The molecule has 3 heteroatoms. The molecule has 0 fully saturated rings. The van der Waals surface area contributed by atoms with E-state index in [1.807, 2.05) is 6.92 Å². The molecule has 1 aromatic carbocycles. The van der Waals surface area contributed by atoms with Crippen LogP contribution in [0.25, 0.3) is 0 Å². The molecule has 1 atom stereocenters. The molecule has 1 unspecified atom stereocenters. The van der Waals surface area contributed by atoms with Crippen molar-refractivity contribution in [2.24, 2.45) is 0 Å². The van der Waals surface area contributed by atoms with Crippen LogP contribution in [0, 0.1) is 0 Å². The van der Waals surface area contributed by atoms with Crippen molar-refractivity contribution in [2.45, 2.75) is 38.7 Å². The first-order chi connectivity index (χ1) is 8.79. The van der Waals surface area contributed by atoms with Crippen molar-refractivity contribution in [1.29, 1.82) is 0 Å². The van der Waals surface area contributed by atoms with Crippen molar-refractivity contribution >= 4 is 0 Å². The van der Waals surface area contributed by atoms with Gasteiger partial charge in [0, 0.05) is 6.42 Å². The molecule has 1 aliphatic heterocycles. The fraction of sp³-hybridized carbons (Fsp3) is 0.600. The van der Waals surface area contributed by atoms with E-state index in [1.54, 1.807) is 0 Å². The average molecular weight is 249 g/mol. The van der Waals surface area contributed by atoms with Crippen molar-refractivity contribution < 1.29 is 9.84 Å². The molecule has 1 heterocycles. The van der Waals surface area contributed by atoms with Crippen LogP contribution in [0.5, 0.6) is 5.75 Å². The maximum Gasteiger partial charge on any atom is 0.122 e. The van der Waals surface area contributed by atoms with Gasteiger partial charge in [-0.15, -0.1) is 0 Å². The topological polar surface area (TPSA) is 41.5 Å². The van der Waals surface area contributed by atoms with Gasteiger partial charge in [0.15, 0.2) is 0 Å². The highest BCUT2D eigenvalue weighted by atomic mass is 16.5. The highest BCUT2D eigenvalue weighted by Gasteiger charge is 2.11. The molecule has 0 amide bonds. The summed E-state index contributed by atoms with van der Waals surface area (Å²) in [5.41, 5.74) is 2.71. The van der Waals surface area contributed by atoms with Gasteiger partial charge >= 0.3 is 0 Å². The molecule has 2 rings (SSSR count). The van der Waals surface area contributed by atoms with Crippen molar-refractivity contribution in [3.05, 3.63) is 29.3 Å². The van der Waals surface area contributed by atoms with Crippen LogP contribution in [0.2, 0.25) is 0 Å². The average Bonchev–Trinajstić information content (AvgIpc) is 2.85. The van der Waals surface area contributed by atoms with E-state index in [0.29, 0.717) is 0 Å². The lowest BCUT2D eigenvalue weighted by molar-refractivity contribution is 0.160. The second-order valence-electron chi connectivity index (χ2n) is 4.89. The molecule has 18 heavy (non-hydrogen) atoms.